The lowest BCUT2D eigenvalue weighted by molar-refractivity contribution is -0.115. The summed E-state index contributed by atoms with van der Waals surface area (Å²) in [5, 5.41) is 3.15. The third-order valence-electron chi connectivity index (χ3n) is 5.59. The first-order valence-corrected chi connectivity index (χ1v) is 13.1. The standard InChI is InChI=1S/C22H28N4O4S2/c1-17(22(27)24-18-4-6-19(7-5-18)25-12-14-30-15-13-25)31-21-9-8-20(16-23-21)32(28,29)26-10-2-3-11-26/h4-9,16-17H,2-3,10-15H2,1H3,(H,24,27)/t17-/m1/s1. The summed E-state index contributed by atoms with van der Waals surface area (Å²) < 4.78 is 32.1. The molecule has 0 unspecified atom stereocenters. The molecule has 0 spiro atoms. The topological polar surface area (TPSA) is 91.8 Å². The number of nitrogens with zero attached hydrogens (tertiary/aromatic N) is 3. The molecule has 0 aliphatic carbocycles. The molecule has 0 radical (unpaired) electrons. The van der Waals surface area contributed by atoms with Crippen molar-refractivity contribution in [2.75, 3.05) is 49.6 Å². The summed E-state index contributed by atoms with van der Waals surface area (Å²) in [5.74, 6) is -0.135. The molecule has 2 saturated heterocycles. The summed E-state index contributed by atoms with van der Waals surface area (Å²) in [6.45, 7) is 6.11. The average molecular weight is 477 g/mol. The van der Waals surface area contributed by atoms with Crippen LogP contribution in [0, 0.1) is 0 Å². The second-order valence-electron chi connectivity index (χ2n) is 7.84. The molecule has 2 aliphatic heterocycles. The van der Waals surface area contributed by atoms with Gasteiger partial charge >= 0.3 is 0 Å². The average Bonchev–Trinajstić information content (AvgIpc) is 3.36. The van der Waals surface area contributed by atoms with Gasteiger partial charge in [0.25, 0.3) is 0 Å². The summed E-state index contributed by atoms with van der Waals surface area (Å²) >= 11 is 1.29. The molecule has 2 aliphatic rings. The SMILES string of the molecule is C[C@@H](Sc1ccc(S(=O)(=O)N2CCCC2)cn1)C(=O)Nc1ccc(N2CCOCC2)cc1. The first-order valence-electron chi connectivity index (χ1n) is 10.8. The fourth-order valence-electron chi connectivity index (χ4n) is 3.72. The smallest absolute Gasteiger partial charge is 0.244 e. The van der Waals surface area contributed by atoms with Crippen molar-refractivity contribution < 1.29 is 17.9 Å². The molecule has 10 heteroatoms. The Kier molecular flexibility index (Phi) is 7.34. The van der Waals surface area contributed by atoms with Gasteiger partial charge in [-0.3, -0.25) is 4.79 Å². The van der Waals surface area contributed by atoms with Gasteiger partial charge in [0.05, 0.1) is 23.5 Å². The van der Waals surface area contributed by atoms with Gasteiger partial charge in [0.2, 0.25) is 15.9 Å². The Labute approximate surface area is 193 Å². The number of nitrogens with one attached hydrogen (secondary N) is 1. The van der Waals surface area contributed by atoms with Crippen molar-refractivity contribution in [2.24, 2.45) is 0 Å². The molecule has 1 N–H and O–H groups in total. The number of hydrogen-bond donors (Lipinski definition) is 1. The summed E-state index contributed by atoms with van der Waals surface area (Å²) in [6, 6.07) is 11.0. The van der Waals surface area contributed by atoms with Crippen molar-refractivity contribution in [3.63, 3.8) is 0 Å². The van der Waals surface area contributed by atoms with Crippen LogP contribution in [-0.2, 0) is 19.6 Å². The molecule has 8 nitrogen and oxygen atoms in total. The highest BCUT2D eigenvalue weighted by Gasteiger charge is 2.27. The van der Waals surface area contributed by atoms with Gasteiger partial charge in [-0.15, -0.1) is 0 Å². The molecule has 1 aromatic heterocycles. The van der Waals surface area contributed by atoms with Gasteiger partial charge in [-0.1, -0.05) is 11.8 Å². The molecule has 1 atom stereocenters. The van der Waals surface area contributed by atoms with Crippen LogP contribution >= 0.6 is 11.8 Å². The van der Waals surface area contributed by atoms with Crippen molar-refractivity contribution in [2.45, 2.75) is 34.9 Å². The maximum atomic E-state index is 12.6. The third kappa shape index (κ3) is 5.43. The quantitative estimate of drug-likeness (QED) is 0.615. The van der Waals surface area contributed by atoms with Crippen molar-refractivity contribution in [3.05, 3.63) is 42.6 Å². The van der Waals surface area contributed by atoms with E-state index in [4.69, 9.17) is 4.74 Å². The van der Waals surface area contributed by atoms with Crippen LogP contribution in [0.1, 0.15) is 19.8 Å². The van der Waals surface area contributed by atoms with Gasteiger partial charge in [-0.25, -0.2) is 13.4 Å². The van der Waals surface area contributed by atoms with E-state index in [9.17, 15) is 13.2 Å². The summed E-state index contributed by atoms with van der Waals surface area (Å²) in [7, 11) is -3.48. The lowest BCUT2D eigenvalue weighted by Gasteiger charge is -2.28. The number of hydrogen-bond acceptors (Lipinski definition) is 7. The fraction of sp³-hybridized carbons (Fsp3) is 0.455. The van der Waals surface area contributed by atoms with Crippen molar-refractivity contribution in [1.82, 2.24) is 9.29 Å². The van der Waals surface area contributed by atoms with Gasteiger partial charge in [0, 0.05) is 43.8 Å². The molecular formula is C22H28N4O4S2. The van der Waals surface area contributed by atoms with Gasteiger partial charge in [-0.05, 0) is 56.2 Å². The van der Waals surface area contributed by atoms with E-state index in [-0.39, 0.29) is 16.1 Å². The zero-order valence-corrected chi connectivity index (χ0v) is 19.7. The fourth-order valence-corrected chi connectivity index (χ4v) is 5.97. The zero-order chi connectivity index (χ0) is 22.6. The number of sulfonamides is 1. The second kappa shape index (κ2) is 10.2. The van der Waals surface area contributed by atoms with Gasteiger partial charge in [0.1, 0.15) is 4.90 Å². The lowest BCUT2D eigenvalue weighted by atomic mass is 10.2. The maximum absolute atomic E-state index is 12.6. The first-order chi connectivity index (χ1) is 15.4. The van der Waals surface area contributed by atoms with E-state index in [0.29, 0.717) is 18.1 Å². The van der Waals surface area contributed by atoms with Gasteiger partial charge in [-0.2, -0.15) is 4.31 Å². The molecule has 3 heterocycles. The van der Waals surface area contributed by atoms with Crippen LogP contribution in [0.25, 0.3) is 0 Å². The monoisotopic (exact) mass is 476 g/mol. The molecule has 0 bridgehead atoms. The number of aromatic nitrogens is 1. The summed E-state index contributed by atoms with van der Waals surface area (Å²) in [5.41, 5.74) is 1.85. The molecule has 4 rings (SSSR count). The van der Waals surface area contributed by atoms with E-state index in [0.717, 1.165) is 50.5 Å². The van der Waals surface area contributed by atoms with Crippen LogP contribution < -0.4 is 10.2 Å². The normalized spacial score (nSPS) is 18.5. The largest absolute Gasteiger partial charge is 0.378 e. The van der Waals surface area contributed by atoms with Crippen LogP contribution in [0.5, 0.6) is 0 Å². The Bertz CT molecular complexity index is 1020. The lowest BCUT2D eigenvalue weighted by Crippen LogP contribution is -2.36. The number of carbonyl (C=O) groups is 1. The van der Waals surface area contributed by atoms with Crippen molar-refractivity contribution in [3.8, 4) is 0 Å². The molecule has 172 valence electrons. The van der Waals surface area contributed by atoms with Gasteiger partial charge < -0.3 is 15.0 Å². The van der Waals surface area contributed by atoms with Crippen LogP contribution in [0.2, 0.25) is 0 Å². The Morgan fingerprint density at radius 3 is 2.38 bits per heavy atom. The minimum atomic E-state index is -3.48. The van der Waals surface area contributed by atoms with Crippen LogP contribution in [0.15, 0.2) is 52.5 Å². The van der Waals surface area contributed by atoms with Crippen molar-refractivity contribution in [1.29, 1.82) is 0 Å². The van der Waals surface area contributed by atoms with E-state index in [1.165, 1.54) is 22.3 Å². The number of rotatable bonds is 7. The van der Waals surface area contributed by atoms with E-state index >= 15 is 0 Å². The number of amides is 1. The van der Waals surface area contributed by atoms with E-state index in [1.807, 2.05) is 24.3 Å². The number of pyridine rings is 1. The number of carbonyl (C=O) groups excluding carboxylic acids is 1. The molecule has 2 fully saturated rings. The first kappa shape index (κ1) is 23.0. The molecule has 2 aromatic rings. The number of ether oxygens (including phenoxy) is 1. The Morgan fingerprint density at radius 1 is 1.06 bits per heavy atom. The second-order valence-corrected chi connectivity index (χ2v) is 11.1. The molecule has 0 saturated carbocycles. The highest BCUT2D eigenvalue weighted by molar-refractivity contribution is 8.00. The number of morpholine rings is 1. The minimum Gasteiger partial charge on any atom is -0.378 e. The third-order valence-corrected chi connectivity index (χ3v) is 8.52. The Morgan fingerprint density at radius 2 is 1.75 bits per heavy atom. The van der Waals surface area contributed by atoms with Crippen LogP contribution in [0.3, 0.4) is 0 Å². The van der Waals surface area contributed by atoms with Crippen LogP contribution in [-0.4, -0.2) is 68.3 Å². The maximum Gasteiger partial charge on any atom is 0.244 e. The van der Waals surface area contributed by atoms with Crippen molar-refractivity contribution >= 4 is 39.1 Å². The number of benzene rings is 1. The minimum absolute atomic E-state index is 0.135. The highest BCUT2D eigenvalue weighted by Crippen LogP contribution is 2.26. The molecule has 32 heavy (non-hydrogen) atoms. The Hall–Kier alpha value is -2.14. The predicted octanol–water partition coefficient (Wildman–Crippen LogP) is 2.82. The molecule has 1 aromatic carbocycles. The van der Waals surface area contributed by atoms with Crippen LogP contribution in [0.4, 0.5) is 11.4 Å². The summed E-state index contributed by atoms with van der Waals surface area (Å²) in [4.78, 5) is 19.3. The van der Waals surface area contributed by atoms with E-state index in [1.54, 1.807) is 19.1 Å². The molecular weight excluding hydrogens is 448 g/mol. The van der Waals surface area contributed by atoms with E-state index in [2.05, 4.69) is 15.2 Å². The van der Waals surface area contributed by atoms with E-state index < -0.39 is 10.0 Å². The van der Waals surface area contributed by atoms with Gasteiger partial charge in [0.15, 0.2) is 0 Å². The number of anilines is 2. The highest BCUT2D eigenvalue weighted by atomic mass is 32.2. The Balaban J connectivity index is 1.32. The number of thioether (sulfide) groups is 1. The summed E-state index contributed by atoms with van der Waals surface area (Å²) in [6.07, 6.45) is 3.16. The molecule has 1 amide bonds. The zero-order valence-electron chi connectivity index (χ0n) is 18.1. The predicted molar refractivity (Wildman–Crippen MR) is 126 cm³/mol.